The molecule has 3 heterocycles. The Kier molecular flexibility index (Phi) is 3.71. The second-order valence-corrected chi connectivity index (χ2v) is 8.90. The second kappa shape index (κ2) is 5.84. The fourth-order valence-corrected chi connectivity index (χ4v) is 5.13. The van der Waals surface area contributed by atoms with Crippen LogP contribution in [0, 0.1) is 17.3 Å². The number of hydrogen-bond donors (Lipinski definition) is 1. The van der Waals surface area contributed by atoms with Crippen molar-refractivity contribution in [3.8, 4) is 5.69 Å². The number of pyridine rings is 1. The summed E-state index contributed by atoms with van der Waals surface area (Å²) in [6.07, 6.45) is 5.22. The van der Waals surface area contributed by atoms with Gasteiger partial charge in [-0.3, -0.25) is 0 Å². The predicted molar refractivity (Wildman–Crippen MR) is 108 cm³/mol. The van der Waals surface area contributed by atoms with E-state index in [1.807, 2.05) is 27.8 Å². The third kappa shape index (κ3) is 2.37. The average Bonchev–Trinajstić information content (AvgIpc) is 3.13. The molecule has 1 aromatic carbocycles. The van der Waals surface area contributed by atoms with Crippen LogP contribution in [0.4, 0.5) is 5.82 Å². The highest BCUT2D eigenvalue weighted by molar-refractivity contribution is 6.45. The fourth-order valence-electron chi connectivity index (χ4n) is 4.77. The van der Waals surface area contributed by atoms with E-state index in [2.05, 4.69) is 18.8 Å². The molecule has 1 aliphatic carbocycles. The Morgan fingerprint density at radius 2 is 2.11 bits per heavy atom. The van der Waals surface area contributed by atoms with E-state index in [-0.39, 0.29) is 11.3 Å². The third-order valence-corrected chi connectivity index (χ3v) is 7.17. The lowest BCUT2D eigenvalue weighted by atomic mass is 10.0. The first kappa shape index (κ1) is 17.8. The Balaban J connectivity index is 1.71. The first-order chi connectivity index (χ1) is 13.3. The standard InChI is InChI=1S/C20H18Cl2N4O2/c1-20(2)11-8-26(18(15(11)20)19(27)28)14-7-13(25-6-5-23-9-25)10-3-4-12(21)16(22)17(10)24-14/h3-7,9,11,15,18H,8H2,1-2H3,(H,27,28)/t11-,15?,18-/m0/s1. The molecule has 1 saturated heterocycles. The van der Waals surface area contributed by atoms with Crippen LogP contribution >= 0.6 is 23.2 Å². The molecule has 6 nitrogen and oxygen atoms in total. The van der Waals surface area contributed by atoms with Crippen molar-refractivity contribution in [2.75, 3.05) is 11.4 Å². The monoisotopic (exact) mass is 416 g/mol. The summed E-state index contributed by atoms with van der Waals surface area (Å²) in [6, 6.07) is 4.91. The van der Waals surface area contributed by atoms with Crippen LogP contribution in [0.5, 0.6) is 0 Å². The molecule has 2 aromatic heterocycles. The lowest BCUT2D eigenvalue weighted by Crippen LogP contribution is -2.42. The van der Waals surface area contributed by atoms with Crippen molar-refractivity contribution in [2.24, 2.45) is 17.3 Å². The number of aliphatic carboxylic acids is 1. The summed E-state index contributed by atoms with van der Waals surface area (Å²) in [4.78, 5) is 22.8. The molecule has 1 aliphatic heterocycles. The maximum atomic E-state index is 12.1. The number of carbonyl (C=O) groups is 1. The van der Waals surface area contributed by atoms with Crippen LogP contribution in [0.1, 0.15) is 13.8 Å². The molecular formula is C20H18Cl2N4O2. The van der Waals surface area contributed by atoms with E-state index < -0.39 is 12.0 Å². The molecular weight excluding hydrogens is 399 g/mol. The van der Waals surface area contributed by atoms with E-state index >= 15 is 0 Å². The van der Waals surface area contributed by atoms with Gasteiger partial charge in [-0.15, -0.1) is 0 Å². The summed E-state index contributed by atoms with van der Waals surface area (Å²) >= 11 is 12.7. The Morgan fingerprint density at radius 1 is 1.32 bits per heavy atom. The van der Waals surface area contributed by atoms with Gasteiger partial charge in [-0.25, -0.2) is 14.8 Å². The molecule has 5 rings (SSSR count). The second-order valence-electron chi connectivity index (χ2n) is 8.12. The molecule has 1 N–H and O–H groups in total. The lowest BCUT2D eigenvalue weighted by molar-refractivity contribution is -0.139. The maximum Gasteiger partial charge on any atom is 0.326 e. The Bertz CT molecular complexity index is 1110. The van der Waals surface area contributed by atoms with E-state index in [9.17, 15) is 9.90 Å². The molecule has 2 aliphatic rings. The lowest BCUT2D eigenvalue weighted by Gasteiger charge is -2.29. The number of halogens is 2. The quantitative estimate of drug-likeness (QED) is 0.689. The number of benzene rings is 1. The number of carboxylic acids is 1. The van der Waals surface area contributed by atoms with Gasteiger partial charge in [0.25, 0.3) is 0 Å². The van der Waals surface area contributed by atoms with Crippen molar-refractivity contribution < 1.29 is 9.90 Å². The third-order valence-electron chi connectivity index (χ3n) is 6.38. The number of imidazole rings is 1. The van der Waals surface area contributed by atoms with Gasteiger partial charge in [0.05, 0.1) is 27.6 Å². The van der Waals surface area contributed by atoms with Crippen LogP contribution in [0.25, 0.3) is 16.6 Å². The number of carboxylic acid groups (broad SMARTS) is 1. The largest absolute Gasteiger partial charge is 0.480 e. The van der Waals surface area contributed by atoms with Crippen molar-refractivity contribution in [1.82, 2.24) is 14.5 Å². The minimum atomic E-state index is -0.818. The molecule has 1 saturated carbocycles. The highest BCUT2D eigenvalue weighted by Gasteiger charge is 2.69. The van der Waals surface area contributed by atoms with Crippen molar-refractivity contribution in [3.63, 3.8) is 0 Å². The molecule has 0 amide bonds. The number of anilines is 1. The zero-order valence-corrected chi connectivity index (χ0v) is 16.8. The first-order valence-corrected chi connectivity index (χ1v) is 9.83. The van der Waals surface area contributed by atoms with Crippen molar-refractivity contribution >= 4 is 45.9 Å². The highest BCUT2D eigenvalue weighted by Crippen LogP contribution is 2.65. The summed E-state index contributed by atoms with van der Waals surface area (Å²) in [5, 5.41) is 11.5. The van der Waals surface area contributed by atoms with E-state index in [0.717, 1.165) is 11.1 Å². The van der Waals surface area contributed by atoms with Gasteiger partial charge in [0.1, 0.15) is 11.9 Å². The molecule has 0 bridgehead atoms. The molecule has 28 heavy (non-hydrogen) atoms. The topological polar surface area (TPSA) is 71.2 Å². The normalized spacial score (nSPS) is 25.1. The van der Waals surface area contributed by atoms with E-state index in [1.54, 1.807) is 18.6 Å². The summed E-state index contributed by atoms with van der Waals surface area (Å²) in [6.45, 7) is 4.93. The molecule has 2 fully saturated rings. The molecule has 1 unspecified atom stereocenters. The van der Waals surface area contributed by atoms with Crippen LogP contribution in [-0.4, -0.2) is 38.2 Å². The van der Waals surface area contributed by atoms with E-state index in [4.69, 9.17) is 28.2 Å². The molecule has 3 atom stereocenters. The van der Waals surface area contributed by atoms with Gasteiger partial charge in [-0.1, -0.05) is 37.0 Å². The SMILES string of the molecule is CC1(C)C2[C@@H](C(=O)O)N(c3cc(-n4ccnc4)c4ccc(Cl)c(Cl)c4n3)C[C@@H]21. The predicted octanol–water partition coefficient (Wildman–Crippen LogP) is 4.27. The minimum absolute atomic E-state index is 0.0462. The number of piperidine rings is 1. The summed E-state index contributed by atoms with van der Waals surface area (Å²) in [5.41, 5.74) is 1.43. The van der Waals surface area contributed by atoms with Crippen molar-refractivity contribution in [3.05, 3.63) is 47.0 Å². The van der Waals surface area contributed by atoms with E-state index in [0.29, 0.717) is 33.8 Å². The number of nitrogens with zero attached hydrogens (tertiary/aromatic N) is 4. The Morgan fingerprint density at radius 3 is 2.79 bits per heavy atom. The van der Waals surface area contributed by atoms with Crippen molar-refractivity contribution in [2.45, 2.75) is 19.9 Å². The molecule has 0 spiro atoms. The number of fused-ring (bicyclic) bond motifs is 2. The molecule has 0 radical (unpaired) electrons. The summed E-state index contributed by atoms with van der Waals surface area (Å²) in [5.74, 6) is 0.240. The van der Waals surface area contributed by atoms with Crippen LogP contribution in [0.15, 0.2) is 36.9 Å². The zero-order chi connectivity index (χ0) is 19.8. The summed E-state index contributed by atoms with van der Waals surface area (Å²) in [7, 11) is 0. The Labute approximate surface area is 171 Å². The van der Waals surface area contributed by atoms with Crippen LogP contribution in [0.3, 0.4) is 0 Å². The summed E-state index contributed by atoms with van der Waals surface area (Å²) < 4.78 is 1.87. The minimum Gasteiger partial charge on any atom is -0.480 e. The fraction of sp³-hybridized carbons (Fsp3) is 0.350. The van der Waals surface area contributed by atoms with Gasteiger partial charge in [-0.2, -0.15) is 0 Å². The van der Waals surface area contributed by atoms with Crippen molar-refractivity contribution in [1.29, 1.82) is 0 Å². The van der Waals surface area contributed by atoms with Gasteiger partial charge in [0.2, 0.25) is 0 Å². The smallest absolute Gasteiger partial charge is 0.326 e. The number of aromatic nitrogens is 3. The van der Waals surface area contributed by atoms with Crippen LogP contribution in [0.2, 0.25) is 10.0 Å². The number of rotatable bonds is 3. The average molecular weight is 417 g/mol. The van der Waals surface area contributed by atoms with Gasteiger partial charge < -0.3 is 14.6 Å². The van der Waals surface area contributed by atoms with Crippen LogP contribution < -0.4 is 4.90 Å². The van der Waals surface area contributed by atoms with Gasteiger partial charge in [0, 0.05) is 36.3 Å². The van der Waals surface area contributed by atoms with Gasteiger partial charge in [-0.05, 0) is 23.5 Å². The maximum absolute atomic E-state index is 12.1. The molecule has 8 heteroatoms. The molecule has 3 aromatic rings. The highest BCUT2D eigenvalue weighted by atomic mass is 35.5. The molecule has 144 valence electrons. The van der Waals surface area contributed by atoms with E-state index in [1.165, 1.54) is 0 Å². The van der Waals surface area contributed by atoms with Gasteiger partial charge >= 0.3 is 5.97 Å². The Hall–Kier alpha value is -2.31. The van der Waals surface area contributed by atoms with Gasteiger partial charge in [0.15, 0.2) is 0 Å². The van der Waals surface area contributed by atoms with Crippen LogP contribution in [-0.2, 0) is 4.79 Å². The number of hydrogen-bond acceptors (Lipinski definition) is 4. The zero-order valence-electron chi connectivity index (χ0n) is 15.3. The first-order valence-electron chi connectivity index (χ1n) is 9.07.